The van der Waals surface area contributed by atoms with E-state index in [4.69, 9.17) is 9.47 Å². The van der Waals surface area contributed by atoms with E-state index in [-0.39, 0.29) is 11.4 Å². The van der Waals surface area contributed by atoms with Crippen molar-refractivity contribution < 1.29 is 24.0 Å². The summed E-state index contributed by atoms with van der Waals surface area (Å²) in [6.45, 7) is 3.67. The first-order valence-corrected chi connectivity index (χ1v) is 7.18. The van der Waals surface area contributed by atoms with Gasteiger partial charge in [-0.3, -0.25) is 14.9 Å². The minimum absolute atomic E-state index is 0.0316. The van der Waals surface area contributed by atoms with E-state index in [9.17, 15) is 19.7 Å². The van der Waals surface area contributed by atoms with Crippen molar-refractivity contribution in [2.45, 2.75) is 20.3 Å². The Labute approximate surface area is 133 Å². The number of nitrogens with zero attached hydrogens (tertiary/aromatic N) is 1. The summed E-state index contributed by atoms with van der Waals surface area (Å²) in [7, 11) is 0. The number of hydrogen-bond donors (Lipinski definition) is 1. The lowest BCUT2D eigenvalue weighted by atomic mass is 10.1. The standard InChI is InChI=1S/C15H20N2O6/c1-11(2)7-8-16-14(18)9-23-15(19)10-22-13-6-4-3-5-12(13)17(20)21/h3-6,11H,7-10H2,1-2H3,(H,16,18). The van der Waals surface area contributed by atoms with Crippen molar-refractivity contribution in [1.29, 1.82) is 0 Å². The van der Waals surface area contributed by atoms with Crippen LogP contribution < -0.4 is 10.1 Å². The number of benzene rings is 1. The quantitative estimate of drug-likeness (QED) is 0.420. The molecule has 0 fully saturated rings. The molecule has 23 heavy (non-hydrogen) atoms. The summed E-state index contributed by atoms with van der Waals surface area (Å²) in [5.41, 5.74) is -0.244. The van der Waals surface area contributed by atoms with Crippen LogP contribution in [0.3, 0.4) is 0 Å². The van der Waals surface area contributed by atoms with E-state index >= 15 is 0 Å². The highest BCUT2D eigenvalue weighted by Crippen LogP contribution is 2.25. The molecule has 0 aliphatic heterocycles. The zero-order valence-electron chi connectivity index (χ0n) is 13.1. The van der Waals surface area contributed by atoms with Crippen molar-refractivity contribution >= 4 is 17.6 Å². The molecular formula is C15H20N2O6. The normalized spacial score (nSPS) is 10.2. The summed E-state index contributed by atoms with van der Waals surface area (Å²) < 4.78 is 9.79. The lowest BCUT2D eigenvalue weighted by Gasteiger charge is -2.09. The van der Waals surface area contributed by atoms with Gasteiger partial charge in [0, 0.05) is 12.6 Å². The molecule has 0 unspecified atom stereocenters. The largest absolute Gasteiger partial charge is 0.475 e. The molecule has 8 nitrogen and oxygen atoms in total. The Balaban J connectivity index is 2.32. The van der Waals surface area contributed by atoms with Crippen LogP contribution in [0.15, 0.2) is 24.3 Å². The fraction of sp³-hybridized carbons (Fsp3) is 0.467. The molecule has 0 aliphatic rings. The maximum Gasteiger partial charge on any atom is 0.344 e. The van der Waals surface area contributed by atoms with E-state index < -0.39 is 30.0 Å². The summed E-state index contributed by atoms with van der Waals surface area (Å²) in [5.74, 6) is -0.740. The highest BCUT2D eigenvalue weighted by atomic mass is 16.6. The van der Waals surface area contributed by atoms with Crippen LogP contribution in [0.1, 0.15) is 20.3 Å². The Hall–Kier alpha value is -2.64. The summed E-state index contributed by atoms with van der Waals surface area (Å²) in [6, 6.07) is 5.69. The van der Waals surface area contributed by atoms with E-state index in [1.165, 1.54) is 18.2 Å². The monoisotopic (exact) mass is 324 g/mol. The van der Waals surface area contributed by atoms with E-state index in [0.29, 0.717) is 12.5 Å². The molecule has 0 spiro atoms. The van der Waals surface area contributed by atoms with Crippen molar-refractivity contribution in [3.8, 4) is 5.75 Å². The zero-order chi connectivity index (χ0) is 17.2. The molecule has 0 saturated carbocycles. The Morgan fingerprint density at radius 3 is 2.61 bits per heavy atom. The van der Waals surface area contributed by atoms with Crippen LogP contribution in [0, 0.1) is 16.0 Å². The number of carbonyl (C=O) groups is 2. The van der Waals surface area contributed by atoms with Gasteiger partial charge in [0.1, 0.15) is 0 Å². The molecule has 1 amide bonds. The van der Waals surface area contributed by atoms with Crippen LogP contribution in [-0.2, 0) is 14.3 Å². The number of nitro benzene ring substituents is 1. The summed E-state index contributed by atoms with van der Waals surface area (Å²) >= 11 is 0. The molecular weight excluding hydrogens is 304 g/mol. The fourth-order valence-corrected chi connectivity index (χ4v) is 1.61. The van der Waals surface area contributed by atoms with Crippen molar-refractivity contribution in [1.82, 2.24) is 5.32 Å². The van der Waals surface area contributed by atoms with Gasteiger partial charge in [-0.05, 0) is 18.4 Å². The number of nitrogens with one attached hydrogen (secondary N) is 1. The van der Waals surface area contributed by atoms with Gasteiger partial charge < -0.3 is 14.8 Å². The van der Waals surface area contributed by atoms with Gasteiger partial charge in [-0.25, -0.2) is 4.79 Å². The van der Waals surface area contributed by atoms with Crippen molar-refractivity contribution in [2.75, 3.05) is 19.8 Å². The van der Waals surface area contributed by atoms with Crippen LogP contribution >= 0.6 is 0 Å². The van der Waals surface area contributed by atoms with Crippen LogP contribution in [0.5, 0.6) is 5.75 Å². The number of hydrogen-bond acceptors (Lipinski definition) is 6. The minimum atomic E-state index is -0.776. The van der Waals surface area contributed by atoms with E-state index in [1.54, 1.807) is 6.07 Å². The van der Waals surface area contributed by atoms with Crippen molar-refractivity contribution in [3.05, 3.63) is 34.4 Å². The Morgan fingerprint density at radius 2 is 1.96 bits per heavy atom. The second-order valence-electron chi connectivity index (χ2n) is 5.21. The van der Waals surface area contributed by atoms with Gasteiger partial charge in [0.05, 0.1) is 4.92 Å². The molecule has 0 aliphatic carbocycles. The first kappa shape index (κ1) is 18.4. The molecule has 0 radical (unpaired) electrons. The number of carbonyl (C=O) groups excluding carboxylic acids is 2. The smallest absolute Gasteiger partial charge is 0.344 e. The average Bonchev–Trinajstić information content (AvgIpc) is 2.50. The second-order valence-corrected chi connectivity index (χ2v) is 5.21. The minimum Gasteiger partial charge on any atom is -0.475 e. The third kappa shape index (κ3) is 7.25. The van der Waals surface area contributed by atoms with Crippen molar-refractivity contribution in [2.24, 2.45) is 5.92 Å². The SMILES string of the molecule is CC(C)CCNC(=O)COC(=O)COc1ccccc1[N+](=O)[O-]. The maximum atomic E-state index is 11.5. The third-order valence-corrected chi connectivity index (χ3v) is 2.82. The molecule has 1 rings (SSSR count). The molecule has 126 valence electrons. The predicted molar refractivity (Wildman–Crippen MR) is 82.0 cm³/mol. The topological polar surface area (TPSA) is 108 Å². The molecule has 1 N–H and O–H groups in total. The molecule has 1 aromatic carbocycles. The number of nitro groups is 1. The molecule has 0 saturated heterocycles. The van der Waals surface area contributed by atoms with Gasteiger partial charge in [0.25, 0.3) is 5.91 Å². The van der Waals surface area contributed by atoms with Gasteiger partial charge in [-0.2, -0.15) is 0 Å². The summed E-state index contributed by atoms with van der Waals surface area (Å²) in [5, 5.41) is 13.4. The van der Waals surface area contributed by atoms with Gasteiger partial charge in [-0.1, -0.05) is 26.0 Å². The first-order valence-electron chi connectivity index (χ1n) is 7.18. The summed E-state index contributed by atoms with van der Waals surface area (Å²) in [4.78, 5) is 33.1. The molecule has 0 heterocycles. The summed E-state index contributed by atoms with van der Waals surface area (Å²) in [6.07, 6.45) is 0.834. The fourth-order valence-electron chi connectivity index (χ4n) is 1.61. The van der Waals surface area contributed by atoms with Gasteiger partial charge >= 0.3 is 11.7 Å². The van der Waals surface area contributed by atoms with Crippen LogP contribution in [0.25, 0.3) is 0 Å². The van der Waals surface area contributed by atoms with E-state index in [2.05, 4.69) is 5.32 Å². The number of ether oxygens (including phenoxy) is 2. The number of esters is 1. The number of amides is 1. The van der Waals surface area contributed by atoms with E-state index in [1.807, 2.05) is 13.8 Å². The van der Waals surface area contributed by atoms with Crippen molar-refractivity contribution in [3.63, 3.8) is 0 Å². The van der Waals surface area contributed by atoms with Gasteiger partial charge in [-0.15, -0.1) is 0 Å². The molecule has 0 bridgehead atoms. The van der Waals surface area contributed by atoms with Crippen LogP contribution in [-0.4, -0.2) is 36.6 Å². The molecule has 0 aromatic heterocycles. The number of rotatable bonds is 9. The molecule has 1 aromatic rings. The third-order valence-electron chi connectivity index (χ3n) is 2.82. The van der Waals surface area contributed by atoms with Gasteiger partial charge in [0.15, 0.2) is 19.0 Å². The Morgan fingerprint density at radius 1 is 1.26 bits per heavy atom. The van der Waals surface area contributed by atoms with Crippen LogP contribution in [0.2, 0.25) is 0 Å². The number of para-hydroxylation sites is 2. The zero-order valence-corrected chi connectivity index (χ0v) is 13.1. The predicted octanol–water partition coefficient (Wildman–Crippen LogP) is 1.68. The Bertz CT molecular complexity index is 559. The lowest BCUT2D eigenvalue weighted by molar-refractivity contribution is -0.385. The molecule has 8 heteroatoms. The Kier molecular flexibility index (Phi) is 7.52. The van der Waals surface area contributed by atoms with Gasteiger partial charge in [0.2, 0.25) is 0 Å². The van der Waals surface area contributed by atoms with E-state index in [0.717, 1.165) is 6.42 Å². The highest BCUT2D eigenvalue weighted by molar-refractivity contribution is 5.80. The molecule has 0 atom stereocenters. The maximum absolute atomic E-state index is 11.5. The first-order chi connectivity index (χ1) is 10.9. The van der Waals surface area contributed by atoms with Crippen LogP contribution in [0.4, 0.5) is 5.69 Å². The lowest BCUT2D eigenvalue weighted by Crippen LogP contribution is -2.31. The average molecular weight is 324 g/mol. The highest BCUT2D eigenvalue weighted by Gasteiger charge is 2.15. The second kappa shape index (κ2) is 9.39.